The summed E-state index contributed by atoms with van der Waals surface area (Å²) in [5, 5.41) is 0. The molecule has 0 saturated carbocycles. The van der Waals surface area contributed by atoms with Crippen LogP contribution in [0.3, 0.4) is 0 Å². The predicted octanol–water partition coefficient (Wildman–Crippen LogP) is 3.46. The van der Waals surface area contributed by atoms with Crippen molar-refractivity contribution < 1.29 is 8.78 Å². The Labute approximate surface area is 95.4 Å². The summed E-state index contributed by atoms with van der Waals surface area (Å²) in [6.07, 6.45) is 1.28. The minimum atomic E-state index is -0.178. The molecule has 0 aliphatic heterocycles. The second-order valence-corrected chi connectivity index (χ2v) is 2.62. The van der Waals surface area contributed by atoms with E-state index in [1.807, 2.05) is 6.92 Å². The van der Waals surface area contributed by atoms with Crippen LogP contribution in [0.1, 0.15) is 13.3 Å². The number of nitrogens with two attached hydrogens (primary N) is 1. The lowest BCUT2D eigenvalue weighted by Gasteiger charge is -1.91. The van der Waals surface area contributed by atoms with E-state index in [0.29, 0.717) is 24.9 Å². The van der Waals surface area contributed by atoms with Crippen LogP contribution in [0.15, 0.2) is 42.2 Å². The number of hydrogen-bond acceptors (Lipinski definition) is 1. The summed E-state index contributed by atoms with van der Waals surface area (Å²) in [5.41, 5.74) is 5.75. The molecule has 1 aromatic rings. The van der Waals surface area contributed by atoms with E-state index < -0.39 is 0 Å². The molecule has 0 bridgehead atoms. The number of benzene rings is 1. The Balaban J connectivity index is 0. The normalized spacial score (nSPS) is 9.73. The molecule has 1 nitrogen and oxygen atoms in total. The summed E-state index contributed by atoms with van der Waals surface area (Å²) in [5.74, 6) is -0.178. The first-order valence-electron chi connectivity index (χ1n) is 4.43. The highest BCUT2D eigenvalue weighted by atomic mass is 35.5. The topological polar surface area (TPSA) is 26.0 Å². The van der Waals surface area contributed by atoms with Crippen LogP contribution < -0.4 is 5.73 Å². The summed E-state index contributed by atoms with van der Waals surface area (Å²) in [7, 11) is 0. The van der Waals surface area contributed by atoms with Gasteiger partial charge in [-0.25, -0.2) is 8.78 Å². The van der Waals surface area contributed by atoms with E-state index in [-0.39, 0.29) is 18.2 Å². The molecule has 86 valence electrons. The van der Waals surface area contributed by atoms with E-state index in [1.165, 1.54) is 12.1 Å². The standard InChI is InChI=1S/C6H5F.C5H10FN.ClH/c7-6-4-2-1-3-5-6;1-2-5(3-6)4-7;/h1-5H;3H,2,4,7H2,1H3;1H/b;5-3+;. The van der Waals surface area contributed by atoms with Gasteiger partial charge in [0.15, 0.2) is 0 Å². The molecule has 0 unspecified atom stereocenters. The summed E-state index contributed by atoms with van der Waals surface area (Å²) in [4.78, 5) is 0. The van der Waals surface area contributed by atoms with E-state index in [4.69, 9.17) is 5.73 Å². The van der Waals surface area contributed by atoms with Crippen molar-refractivity contribution in [2.75, 3.05) is 6.54 Å². The molecule has 0 aliphatic rings. The largest absolute Gasteiger partial charge is 0.327 e. The Kier molecular flexibility index (Phi) is 12.3. The summed E-state index contributed by atoms with van der Waals surface area (Å²) in [6, 6.07) is 7.94. The smallest absolute Gasteiger partial charge is 0.123 e. The van der Waals surface area contributed by atoms with Crippen molar-refractivity contribution in [1.29, 1.82) is 0 Å². The molecule has 15 heavy (non-hydrogen) atoms. The Morgan fingerprint density at radius 1 is 1.33 bits per heavy atom. The van der Waals surface area contributed by atoms with Crippen LogP contribution in [0.4, 0.5) is 8.78 Å². The second-order valence-electron chi connectivity index (χ2n) is 2.62. The lowest BCUT2D eigenvalue weighted by Crippen LogP contribution is -2.00. The first-order valence-corrected chi connectivity index (χ1v) is 4.43. The van der Waals surface area contributed by atoms with Gasteiger partial charge in [0.05, 0.1) is 6.33 Å². The minimum absolute atomic E-state index is 0. The van der Waals surface area contributed by atoms with Gasteiger partial charge < -0.3 is 5.73 Å². The van der Waals surface area contributed by atoms with Gasteiger partial charge in [-0.3, -0.25) is 0 Å². The number of rotatable bonds is 2. The highest BCUT2D eigenvalue weighted by molar-refractivity contribution is 5.85. The molecular formula is C11H16ClF2N. The maximum absolute atomic E-state index is 11.9. The highest BCUT2D eigenvalue weighted by Crippen LogP contribution is 1.95. The van der Waals surface area contributed by atoms with Crippen molar-refractivity contribution in [3.8, 4) is 0 Å². The minimum Gasteiger partial charge on any atom is -0.327 e. The molecule has 2 N–H and O–H groups in total. The Morgan fingerprint density at radius 3 is 2.00 bits per heavy atom. The molecule has 4 heteroatoms. The van der Waals surface area contributed by atoms with Gasteiger partial charge in [-0.05, 0) is 24.1 Å². The first kappa shape index (κ1) is 16.5. The fourth-order valence-corrected chi connectivity index (χ4v) is 0.681. The average Bonchev–Trinajstić information content (AvgIpc) is 2.22. The lowest BCUT2D eigenvalue weighted by molar-refractivity contribution is 0.628. The zero-order valence-corrected chi connectivity index (χ0v) is 9.44. The molecule has 0 fully saturated rings. The third-order valence-electron chi connectivity index (χ3n) is 1.60. The monoisotopic (exact) mass is 235 g/mol. The molecule has 1 aromatic carbocycles. The lowest BCUT2D eigenvalue weighted by atomic mass is 10.2. The van der Waals surface area contributed by atoms with Gasteiger partial charge in [-0.15, -0.1) is 12.4 Å². The molecule has 0 radical (unpaired) electrons. The molecule has 0 saturated heterocycles. The van der Waals surface area contributed by atoms with Crippen molar-refractivity contribution in [1.82, 2.24) is 0 Å². The third kappa shape index (κ3) is 9.38. The fourth-order valence-electron chi connectivity index (χ4n) is 0.681. The molecule has 0 aliphatic carbocycles. The predicted molar refractivity (Wildman–Crippen MR) is 62.2 cm³/mol. The maximum atomic E-state index is 11.9. The molecular weight excluding hydrogens is 220 g/mol. The Bertz CT molecular complexity index is 257. The fraction of sp³-hybridized carbons (Fsp3) is 0.273. The van der Waals surface area contributed by atoms with Crippen LogP contribution in [0, 0.1) is 5.82 Å². The van der Waals surface area contributed by atoms with Crippen LogP contribution in [-0.2, 0) is 0 Å². The van der Waals surface area contributed by atoms with Gasteiger partial charge >= 0.3 is 0 Å². The molecule has 0 heterocycles. The zero-order chi connectivity index (χ0) is 10.8. The van der Waals surface area contributed by atoms with Crippen LogP contribution in [0.5, 0.6) is 0 Å². The van der Waals surface area contributed by atoms with E-state index in [9.17, 15) is 8.78 Å². The number of halogens is 3. The molecule has 0 aromatic heterocycles. The quantitative estimate of drug-likeness (QED) is 0.835. The zero-order valence-electron chi connectivity index (χ0n) is 8.62. The maximum Gasteiger partial charge on any atom is 0.123 e. The van der Waals surface area contributed by atoms with Crippen LogP contribution in [-0.4, -0.2) is 6.54 Å². The van der Waals surface area contributed by atoms with Gasteiger partial charge in [0, 0.05) is 6.54 Å². The SMILES string of the molecule is CC/C(=C\F)CN.Cl.Fc1ccccc1. The molecule has 1 rings (SSSR count). The van der Waals surface area contributed by atoms with Gasteiger partial charge in [0.2, 0.25) is 0 Å². The van der Waals surface area contributed by atoms with E-state index in [0.717, 1.165) is 0 Å². The Hall–Kier alpha value is -0.930. The van der Waals surface area contributed by atoms with E-state index in [2.05, 4.69) is 0 Å². The Morgan fingerprint density at radius 2 is 1.87 bits per heavy atom. The van der Waals surface area contributed by atoms with Gasteiger partial charge in [0.1, 0.15) is 5.82 Å². The van der Waals surface area contributed by atoms with Gasteiger partial charge in [-0.2, -0.15) is 0 Å². The summed E-state index contributed by atoms with van der Waals surface area (Å²) in [6.45, 7) is 2.21. The average molecular weight is 236 g/mol. The van der Waals surface area contributed by atoms with Crippen LogP contribution >= 0.6 is 12.4 Å². The van der Waals surface area contributed by atoms with Crippen molar-refractivity contribution in [2.24, 2.45) is 5.73 Å². The van der Waals surface area contributed by atoms with Crippen molar-refractivity contribution in [3.63, 3.8) is 0 Å². The summed E-state index contributed by atoms with van der Waals surface area (Å²) >= 11 is 0. The molecule has 0 amide bonds. The third-order valence-corrected chi connectivity index (χ3v) is 1.60. The summed E-state index contributed by atoms with van der Waals surface area (Å²) < 4.78 is 23.3. The van der Waals surface area contributed by atoms with Gasteiger partial charge in [-0.1, -0.05) is 25.1 Å². The first-order chi connectivity index (χ1) is 6.74. The number of hydrogen-bond donors (Lipinski definition) is 1. The van der Waals surface area contributed by atoms with E-state index in [1.54, 1.807) is 18.2 Å². The van der Waals surface area contributed by atoms with Gasteiger partial charge in [0.25, 0.3) is 0 Å². The molecule has 0 atom stereocenters. The second kappa shape index (κ2) is 11.1. The van der Waals surface area contributed by atoms with Crippen LogP contribution in [0.2, 0.25) is 0 Å². The molecule has 0 spiro atoms. The van der Waals surface area contributed by atoms with Crippen LogP contribution in [0.25, 0.3) is 0 Å². The van der Waals surface area contributed by atoms with Crippen molar-refractivity contribution >= 4 is 12.4 Å². The highest BCUT2D eigenvalue weighted by Gasteiger charge is 1.84. The van der Waals surface area contributed by atoms with E-state index >= 15 is 0 Å². The van der Waals surface area contributed by atoms with Crippen molar-refractivity contribution in [2.45, 2.75) is 13.3 Å². The van der Waals surface area contributed by atoms with Crippen molar-refractivity contribution in [3.05, 3.63) is 48.1 Å².